The largest absolute Gasteiger partial charge is 0.466 e. The Labute approximate surface area is 95.6 Å². The lowest BCUT2D eigenvalue weighted by Gasteiger charge is -2.24. The first kappa shape index (κ1) is 12.7. The van der Waals surface area contributed by atoms with Crippen molar-refractivity contribution >= 4 is 11.9 Å². The van der Waals surface area contributed by atoms with Crippen LogP contribution in [0.5, 0.6) is 0 Å². The van der Waals surface area contributed by atoms with Crippen LogP contribution in [0, 0.1) is 11.8 Å². The van der Waals surface area contributed by atoms with Crippen molar-refractivity contribution in [1.82, 2.24) is 0 Å². The van der Waals surface area contributed by atoms with Crippen molar-refractivity contribution in [3.63, 3.8) is 0 Å². The van der Waals surface area contributed by atoms with Gasteiger partial charge in [-0.05, 0) is 26.7 Å². The highest BCUT2D eigenvalue weighted by Gasteiger charge is 2.35. The van der Waals surface area contributed by atoms with Gasteiger partial charge in [0.15, 0.2) is 0 Å². The fourth-order valence-corrected chi connectivity index (χ4v) is 1.83. The van der Waals surface area contributed by atoms with E-state index in [2.05, 4.69) is 0 Å². The second-order valence-corrected chi connectivity index (χ2v) is 3.66. The summed E-state index contributed by atoms with van der Waals surface area (Å²) in [6.07, 6.45) is 4.94. The second-order valence-electron chi connectivity index (χ2n) is 3.66. The minimum atomic E-state index is -0.385. The maximum Gasteiger partial charge on any atom is 0.310 e. The van der Waals surface area contributed by atoms with E-state index in [9.17, 15) is 9.59 Å². The Morgan fingerprint density at radius 3 is 1.69 bits per heavy atom. The molecule has 0 saturated carbocycles. The summed E-state index contributed by atoms with van der Waals surface area (Å²) in [5.74, 6) is -1.37. The number of esters is 2. The summed E-state index contributed by atoms with van der Waals surface area (Å²) in [5.41, 5.74) is 0. The van der Waals surface area contributed by atoms with Crippen molar-refractivity contribution in [3.8, 4) is 0 Å². The van der Waals surface area contributed by atoms with Gasteiger partial charge in [-0.2, -0.15) is 0 Å². The Balaban J connectivity index is 2.68. The Hall–Kier alpha value is -1.32. The molecular weight excluding hydrogens is 208 g/mol. The highest BCUT2D eigenvalue weighted by Crippen LogP contribution is 2.27. The van der Waals surface area contributed by atoms with Crippen LogP contribution in [0.1, 0.15) is 26.7 Å². The first-order valence-corrected chi connectivity index (χ1v) is 5.69. The molecular formula is C12H18O4. The minimum absolute atomic E-state index is 0.301. The van der Waals surface area contributed by atoms with Gasteiger partial charge in [0.1, 0.15) is 0 Å². The predicted molar refractivity (Wildman–Crippen MR) is 58.6 cm³/mol. The molecule has 0 saturated heterocycles. The molecule has 0 spiro atoms. The predicted octanol–water partition coefficient (Wildman–Crippen LogP) is 1.70. The number of rotatable bonds is 4. The molecule has 2 atom stereocenters. The Kier molecular flexibility index (Phi) is 5.02. The van der Waals surface area contributed by atoms with Gasteiger partial charge in [0, 0.05) is 0 Å². The van der Waals surface area contributed by atoms with Gasteiger partial charge in [-0.15, -0.1) is 0 Å². The van der Waals surface area contributed by atoms with Crippen LogP contribution in [0.25, 0.3) is 0 Å². The summed E-state index contributed by atoms with van der Waals surface area (Å²) in [6, 6.07) is 0. The Morgan fingerprint density at radius 1 is 1.00 bits per heavy atom. The highest BCUT2D eigenvalue weighted by molar-refractivity contribution is 5.82. The molecule has 0 amide bonds. The first-order valence-electron chi connectivity index (χ1n) is 5.69. The molecule has 0 aromatic rings. The number of carbonyl (C=O) groups excluding carboxylic acids is 2. The van der Waals surface area contributed by atoms with E-state index in [-0.39, 0.29) is 23.8 Å². The zero-order chi connectivity index (χ0) is 12.0. The molecule has 1 aliphatic carbocycles. The van der Waals surface area contributed by atoms with E-state index in [4.69, 9.17) is 9.47 Å². The molecule has 1 aliphatic rings. The smallest absolute Gasteiger partial charge is 0.310 e. The molecule has 0 N–H and O–H groups in total. The van der Waals surface area contributed by atoms with Crippen LogP contribution >= 0.6 is 0 Å². The summed E-state index contributed by atoms with van der Waals surface area (Å²) in [4.78, 5) is 23.3. The van der Waals surface area contributed by atoms with Gasteiger partial charge in [-0.25, -0.2) is 0 Å². The third-order valence-corrected chi connectivity index (χ3v) is 2.61. The molecule has 4 heteroatoms. The van der Waals surface area contributed by atoms with Gasteiger partial charge >= 0.3 is 11.9 Å². The number of hydrogen-bond donors (Lipinski definition) is 0. The molecule has 0 aromatic carbocycles. The van der Waals surface area contributed by atoms with Gasteiger partial charge in [0.25, 0.3) is 0 Å². The van der Waals surface area contributed by atoms with E-state index in [0.717, 1.165) is 0 Å². The summed E-state index contributed by atoms with van der Waals surface area (Å²) in [5, 5.41) is 0. The Morgan fingerprint density at radius 2 is 1.38 bits per heavy atom. The molecule has 2 unspecified atom stereocenters. The van der Waals surface area contributed by atoms with Crippen molar-refractivity contribution < 1.29 is 19.1 Å². The molecule has 0 bridgehead atoms. The van der Waals surface area contributed by atoms with E-state index in [1.807, 2.05) is 12.2 Å². The quantitative estimate of drug-likeness (QED) is 0.540. The van der Waals surface area contributed by atoms with E-state index >= 15 is 0 Å². The van der Waals surface area contributed by atoms with Crippen molar-refractivity contribution in [2.45, 2.75) is 26.7 Å². The van der Waals surface area contributed by atoms with Crippen molar-refractivity contribution in [2.75, 3.05) is 13.2 Å². The van der Waals surface area contributed by atoms with Gasteiger partial charge in [0.2, 0.25) is 0 Å². The zero-order valence-electron chi connectivity index (χ0n) is 9.77. The van der Waals surface area contributed by atoms with Crippen molar-refractivity contribution in [2.24, 2.45) is 11.8 Å². The topological polar surface area (TPSA) is 52.6 Å². The second kappa shape index (κ2) is 6.30. The molecule has 0 aromatic heterocycles. The van der Waals surface area contributed by atoms with Gasteiger partial charge < -0.3 is 9.47 Å². The maximum absolute atomic E-state index is 11.7. The number of allylic oxidation sites excluding steroid dienone is 2. The van der Waals surface area contributed by atoms with E-state index in [1.54, 1.807) is 13.8 Å². The number of hydrogen-bond acceptors (Lipinski definition) is 4. The summed E-state index contributed by atoms with van der Waals surface area (Å²) in [6.45, 7) is 4.20. The van der Waals surface area contributed by atoms with E-state index < -0.39 is 0 Å². The molecule has 0 fully saturated rings. The van der Waals surface area contributed by atoms with Crippen LogP contribution in [-0.2, 0) is 19.1 Å². The van der Waals surface area contributed by atoms with Crippen LogP contribution in [0.4, 0.5) is 0 Å². The lowest BCUT2D eigenvalue weighted by atomic mass is 9.83. The number of carbonyl (C=O) groups is 2. The molecule has 0 aliphatic heterocycles. The molecule has 90 valence electrons. The lowest BCUT2D eigenvalue weighted by molar-refractivity contribution is -0.160. The highest BCUT2D eigenvalue weighted by atomic mass is 16.5. The zero-order valence-corrected chi connectivity index (χ0v) is 9.77. The lowest BCUT2D eigenvalue weighted by Crippen LogP contribution is -2.33. The average molecular weight is 226 g/mol. The van der Waals surface area contributed by atoms with Crippen LogP contribution in [0.15, 0.2) is 12.2 Å². The normalized spacial score (nSPS) is 23.9. The SMILES string of the molecule is CCOC(=O)C1CC=CCC1C(=O)OCC. The van der Waals surface area contributed by atoms with E-state index in [0.29, 0.717) is 26.1 Å². The molecule has 1 rings (SSSR count). The van der Waals surface area contributed by atoms with Crippen LogP contribution < -0.4 is 0 Å². The molecule has 0 radical (unpaired) electrons. The third kappa shape index (κ3) is 3.08. The van der Waals surface area contributed by atoms with Crippen LogP contribution in [0.3, 0.4) is 0 Å². The summed E-state index contributed by atoms with van der Waals surface area (Å²) < 4.78 is 9.92. The third-order valence-electron chi connectivity index (χ3n) is 2.61. The Bertz CT molecular complexity index is 255. The van der Waals surface area contributed by atoms with Gasteiger partial charge in [0.05, 0.1) is 25.0 Å². The summed E-state index contributed by atoms with van der Waals surface area (Å²) in [7, 11) is 0. The van der Waals surface area contributed by atoms with Gasteiger partial charge in [-0.3, -0.25) is 9.59 Å². The standard InChI is InChI=1S/C12H18O4/c1-3-15-11(13)9-7-5-6-8-10(9)12(14)16-4-2/h5-6,9-10H,3-4,7-8H2,1-2H3. The fraction of sp³-hybridized carbons (Fsp3) is 0.667. The monoisotopic (exact) mass is 226 g/mol. The van der Waals surface area contributed by atoms with Crippen molar-refractivity contribution in [1.29, 1.82) is 0 Å². The van der Waals surface area contributed by atoms with E-state index in [1.165, 1.54) is 0 Å². The van der Waals surface area contributed by atoms with Crippen LogP contribution in [-0.4, -0.2) is 25.2 Å². The molecule has 4 nitrogen and oxygen atoms in total. The maximum atomic E-state index is 11.7. The molecule has 16 heavy (non-hydrogen) atoms. The fourth-order valence-electron chi connectivity index (χ4n) is 1.83. The summed E-state index contributed by atoms with van der Waals surface area (Å²) >= 11 is 0. The first-order chi connectivity index (χ1) is 7.70. The minimum Gasteiger partial charge on any atom is -0.466 e. The molecule has 0 heterocycles. The van der Waals surface area contributed by atoms with Crippen molar-refractivity contribution in [3.05, 3.63) is 12.2 Å². The average Bonchev–Trinajstić information content (AvgIpc) is 2.30. The van der Waals surface area contributed by atoms with Crippen LogP contribution in [0.2, 0.25) is 0 Å². The van der Waals surface area contributed by atoms with Gasteiger partial charge in [-0.1, -0.05) is 12.2 Å². The number of ether oxygens (including phenoxy) is 2.